The van der Waals surface area contributed by atoms with Crippen LogP contribution in [0.2, 0.25) is 0 Å². The van der Waals surface area contributed by atoms with E-state index in [0.29, 0.717) is 12.3 Å². The number of halogens is 1. The Morgan fingerprint density at radius 2 is 2.41 bits per heavy atom. The lowest BCUT2D eigenvalue weighted by Gasteiger charge is -2.04. The average molecular weight is 297 g/mol. The first kappa shape index (κ1) is 12.1. The van der Waals surface area contributed by atoms with Crippen LogP contribution in [-0.4, -0.2) is 24.0 Å². The summed E-state index contributed by atoms with van der Waals surface area (Å²) in [5.41, 5.74) is 0.811. The molecule has 0 aliphatic carbocycles. The van der Waals surface area contributed by atoms with Crippen molar-refractivity contribution in [2.45, 2.75) is 18.9 Å². The van der Waals surface area contributed by atoms with E-state index in [1.165, 1.54) is 0 Å². The van der Waals surface area contributed by atoms with E-state index in [1.807, 2.05) is 24.3 Å². The third kappa shape index (κ3) is 3.06. The summed E-state index contributed by atoms with van der Waals surface area (Å²) in [6.07, 6.45) is 5.31. The molecule has 1 fully saturated rings. The summed E-state index contributed by atoms with van der Waals surface area (Å²) in [5.74, 6) is 0.670. The average Bonchev–Trinajstić information content (AvgIpc) is 2.74. The fraction of sp³-hybridized carbons (Fsp3) is 0.333. The third-order valence-electron chi connectivity index (χ3n) is 2.56. The van der Waals surface area contributed by atoms with E-state index in [9.17, 15) is 4.79 Å². The van der Waals surface area contributed by atoms with Crippen molar-refractivity contribution in [3.05, 3.63) is 28.4 Å². The number of nitrogens with zero attached hydrogens (tertiary/aromatic N) is 1. The SMILES string of the molecule is COc1nc(/C=C\[C@H]2CCC(=O)N2)ccc1Br. The predicted octanol–water partition coefficient (Wildman–Crippen LogP) is 2.14. The minimum atomic E-state index is 0.112. The van der Waals surface area contributed by atoms with Crippen LogP contribution in [0.5, 0.6) is 5.88 Å². The van der Waals surface area contributed by atoms with Gasteiger partial charge < -0.3 is 10.1 Å². The molecule has 0 bridgehead atoms. The van der Waals surface area contributed by atoms with Crippen LogP contribution in [0.1, 0.15) is 18.5 Å². The van der Waals surface area contributed by atoms with Gasteiger partial charge in [-0.25, -0.2) is 4.98 Å². The van der Waals surface area contributed by atoms with E-state index < -0.39 is 0 Å². The summed E-state index contributed by atoms with van der Waals surface area (Å²) in [6.45, 7) is 0. The molecule has 1 N–H and O–H groups in total. The van der Waals surface area contributed by atoms with Gasteiger partial charge >= 0.3 is 0 Å². The molecule has 1 aliphatic rings. The zero-order valence-electron chi connectivity index (χ0n) is 9.44. The molecule has 2 rings (SSSR count). The lowest BCUT2D eigenvalue weighted by atomic mass is 10.2. The van der Waals surface area contributed by atoms with Crippen LogP contribution < -0.4 is 10.1 Å². The van der Waals surface area contributed by atoms with Gasteiger partial charge in [-0.05, 0) is 40.6 Å². The summed E-state index contributed by atoms with van der Waals surface area (Å²) >= 11 is 3.35. The number of ether oxygens (including phenoxy) is 1. The number of nitrogens with one attached hydrogen (secondary N) is 1. The van der Waals surface area contributed by atoms with Crippen molar-refractivity contribution in [2.24, 2.45) is 0 Å². The van der Waals surface area contributed by atoms with Crippen molar-refractivity contribution < 1.29 is 9.53 Å². The first-order valence-corrected chi connectivity index (χ1v) is 6.16. The third-order valence-corrected chi connectivity index (χ3v) is 3.16. The van der Waals surface area contributed by atoms with Crippen molar-refractivity contribution in [1.29, 1.82) is 0 Å². The molecule has 5 heteroatoms. The summed E-state index contributed by atoms with van der Waals surface area (Å²) in [4.78, 5) is 15.3. The molecule has 17 heavy (non-hydrogen) atoms. The summed E-state index contributed by atoms with van der Waals surface area (Å²) in [6, 6.07) is 3.90. The highest BCUT2D eigenvalue weighted by atomic mass is 79.9. The number of rotatable bonds is 3. The van der Waals surface area contributed by atoms with Gasteiger partial charge in [-0.1, -0.05) is 6.08 Å². The smallest absolute Gasteiger partial charge is 0.228 e. The molecule has 2 heterocycles. The maximum absolute atomic E-state index is 11.0. The summed E-state index contributed by atoms with van der Waals surface area (Å²) in [5, 5.41) is 2.87. The highest BCUT2D eigenvalue weighted by Crippen LogP contribution is 2.22. The topological polar surface area (TPSA) is 51.2 Å². The van der Waals surface area contributed by atoms with Gasteiger partial charge in [0, 0.05) is 12.5 Å². The molecule has 0 saturated carbocycles. The van der Waals surface area contributed by atoms with E-state index in [-0.39, 0.29) is 11.9 Å². The Morgan fingerprint density at radius 1 is 1.59 bits per heavy atom. The lowest BCUT2D eigenvalue weighted by molar-refractivity contribution is -0.119. The number of aromatic nitrogens is 1. The quantitative estimate of drug-likeness (QED) is 0.930. The maximum atomic E-state index is 11.0. The molecule has 1 aliphatic heterocycles. The van der Waals surface area contributed by atoms with Gasteiger partial charge in [0.15, 0.2) is 0 Å². The van der Waals surface area contributed by atoms with Crippen molar-refractivity contribution in [3.8, 4) is 5.88 Å². The summed E-state index contributed by atoms with van der Waals surface area (Å²) < 4.78 is 5.94. The minimum absolute atomic E-state index is 0.112. The second-order valence-electron chi connectivity index (χ2n) is 3.80. The molecule has 0 radical (unpaired) electrons. The molecule has 90 valence electrons. The van der Waals surface area contributed by atoms with Gasteiger partial charge in [-0.15, -0.1) is 0 Å². The highest BCUT2D eigenvalue weighted by molar-refractivity contribution is 9.10. The van der Waals surface area contributed by atoms with Crippen LogP contribution in [0, 0.1) is 0 Å². The lowest BCUT2D eigenvalue weighted by Crippen LogP contribution is -2.22. The normalized spacial score (nSPS) is 19.6. The highest BCUT2D eigenvalue weighted by Gasteiger charge is 2.17. The second-order valence-corrected chi connectivity index (χ2v) is 4.65. The fourth-order valence-corrected chi connectivity index (χ4v) is 2.05. The number of amides is 1. The minimum Gasteiger partial charge on any atom is -0.480 e. The maximum Gasteiger partial charge on any atom is 0.228 e. The fourth-order valence-electron chi connectivity index (χ4n) is 1.67. The van der Waals surface area contributed by atoms with Crippen LogP contribution in [0.3, 0.4) is 0 Å². The Kier molecular flexibility index (Phi) is 3.78. The largest absolute Gasteiger partial charge is 0.480 e. The molecule has 1 saturated heterocycles. The van der Waals surface area contributed by atoms with E-state index in [0.717, 1.165) is 16.6 Å². The molecule has 0 aromatic carbocycles. The molecule has 1 atom stereocenters. The van der Waals surface area contributed by atoms with Crippen molar-refractivity contribution in [3.63, 3.8) is 0 Å². The Bertz CT molecular complexity index is 460. The number of pyridine rings is 1. The van der Waals surface area contributed by atoms with Crippen molar-refractivity contribution in [2.75, 3.05) is 7.11 Å². The van der Waals surface area contributed by atoms with Crippen LogP contribution in [0.15, 0.2) is 22.7 Å². The van der Waals surface area contributed by atoms with Gasteiger partial charge in [0.1, 0.15) is 0 Å². The van der Waals surface area contributed by atoms with E-state index in [4.69, 9.17) is 4.74 Å². The van der Waals surface area contributed by atoms with Gasteiger partial charge in [0.25, 0.3) is 0 Å². The number of hydrogen-bond acceptors (Lipinski definition) is 3. The summed E-state index contributed by atoms with van der Waals surface area (Å²) in [7, 11) is 1.58. The Balaban J connectivity index is 2.08. The van der Waals surface area contributed by atoms with Gasteiger partial charge in [0.05, 0.1) is 17.3 Å². The number of carbonyl (C=O) groups is 1. The van der Waals surface area contributed by atoms with Crippen LogP contribution in [-0.2, 0) is 4.79 Å². The predicted molar refractivity (Wildman–Crippen MR) is 68.7 cm³/mol. The monoisotopic (exact) mass is 296 g/mol. The first-order valence-electron chi connectivity index (χ1n) is 5.37. The van der Waals surface area contributed by atoms with E-state index >= 15 is 0 Å². The molecule has 0 unspecified atom stereocenters. The number of methoxy groups -OCH3 is 1. The Morgan fingerprint density at radius 3 is 3.06 bits per heavy atom. The molecule has 0 spiro atoms. The standard InChI is InChI=1S/C12H13BrN2O2/c1-17-12-10(13)6-4-9(15-12)3-2-8-5-7-11(16)14-8/h2-4,6,8H,5,7H2,1H3,(H,14,16)/b3-2-/t8-/m0/s1. The van der Waals surface area contributed by atoms with Gasteiger partial charge in [-0.2, -0.15) is 0 Å². The Hall–Kier alpha value is -1.36. The molecule has 1 aromatic heterocycles. The first-order chi connectivity index (χ1) is 8.19. The molecular formula is C12H13BrN2O2. The molecular weight excluding hydrogens is 284 g/mol. The number of carbonyl (C=O) groups excluding carboxylic acids is 1. The van der Waals surface area contributed by atoms with E-state index in [2.05, 4.69) is 26.2 Å². The van der Waals surface area contributed by atoms with Crippen molar-refractivity contribution >= 4 is 27.9 Å². The molecule has 1 amide bonds. The van der Waals surface area contributed by atoms with Crippen LogP contribution in [0.25, 0.3) is 6.08 Å². The molecule has 4 nitrogen and oxygen atoms in total. The van der Waals surface area contributed by atoms with Crippen LogP contribution in [0.4, 0.5) is 0 Å². The zero-order chi connectivity index (χ0) is 12.3. The molecule has 1 aromatic rings. The second kappa shape index (κ2) is 5.31. The van der Waals surface area contributed by atoms with E-state index in [1.54, 1.807) is 7.11 Å². The van der Waals surface area contributed by atoms with Crippen LogP contribution >= 0.6 is 15.9 Å². The van der Waals surface area contributed by atoms with Crippen molar-refractivity contribution in [1.82, 2.24) is 10.3 Å². The van der Waals surface area contributed by atoms with Gasteiger partial charge in [-0.3, -0.25) is 4.79 Å². The number of hydrogen-bond donors (Lipinski definition) is 1. The van der Waals surface area contributed by atoms with Gasteiger partial charge in [0.2, 0.25) is 11.8 Å². The zero-order valence-corrected chi connectivity index (χ0v) is 11.0. The Labute approximate surface area is 108 Å².